The molecule has 0 aliphatic carbocycles. The third kappa shape index (κ3) is 13.0. The number of nitrogens with zero attached hydrogens (tertiary/aromatic N) is 4. The molecular weight excluding hydrogens is 711 g/mol. The molecule has 0 saturated heterocycles. The fraction of sp³-hybridized carbons (Fsp3) is 0.395. The van der Waals surface area contributed by atoms with Crippen molar-refractivity contribution in [1.82, 2.24) is 30.5 Å². The summed E-state index contributed by atoms with van der Waals surface area (Å²) in [5, 5.41) is 17.7. The monoisotopic (exact) mass is 765 g/mol. The van der Waals surface area contributed by atoms with Gasteiger partial charge in [-0.25, -0.2) is 9.80 Å². The molecule has 3 N–H and O–H groups in total. The molecule has 0 fully saturated rings. The van der Waals surface area contributed by atoms with E-state index in [0.29, 0.717) is 31.1 Å². The summed E-state index contributed by atoms with van der Waals surface area (Å²) in [5.41, 5.74) is 6.19. The zero-order chi connectivity index (χ0) is 40.7. The van der Waals surface area contributed by atoms with Gasteiger partial charge in [0.25, 0.3) is 0 Å². The van der Waals surface area contributed by atoms with Crippen molar-refractivity contribution in [2.45, 2.75) is 72.1 Å². The minimum absolute atomic E-state index is 0.0723. The third-order valence-corrected chi connectivity index (χ3v) is 8.61. The fourth-order valence-electron chi connectivity index (χ4n) is 6.30. The number of ether oxygens (including phenoxy) is 3. The zero-order valence-electron chi connectivity index (χ0n) is 33.3. The molecule has 4 aromatic rings. The van der Waals surface area contributed by atoms with Crippen molar-refractivity contribution in [3.63, 3.8) is 0 Å². The molecule has 1 atom stereocenters. The first kappa shape index (κ1) is 43.1. The van der Waals surface area contributed by atoms with Crippen molar-refractivity contribution in [3.8, 4) is 11.8 Å². The molecule has 0 unspecified atom stereocenters. The van der Waals surface area contributed by atoms with Gasteiger partial charge >= 0.3 is 6.03 Å². The van der Waals surface area contributed by atoms with Crippen LogP contribution < -0.4 is 20.8 Å². The molecule has 1 aromatic heterocycles. The molecular formula is C43H55N7O6. The lowest BCUT2D eigenvalue weighted by Crippen LogP contribution is -2.55. The van der Waals surface area contributed by atoms with Crippen molar-refractivity contribution in [3.05, 3.63) is 114 Å². The first-order valence-electron chi connectivity index (χ1n) is 18.8. The van der Waals surface area contributed by atoms with Crippen LogP contribution in [0.4, 0.5) is 4.79 Å². The molecule has 3 aromatic carbocycles. The Kier molecular flexibility index (Phi) is 16.0. The predicted octanol–water partition coefficient (Wildman–Crippen LogP) is 5.58. The first-order valence-corrected chi connectivity index (χ1v) is 18.8. The Morgan fingerprint density at radius 2 is 1.66 bits per heavy atom. The maximum absolute atomic E-state index is 14.9. The summed E-state index contributed by atoms with van der Waals surface area (Å²) in [6.07, 6.45) is 2.76. The molecule has 4 rings (SSSR count). The number of nitrogens with one attached hydrogen (secondary N) is 3. The molecule has 13 nitrogen and oxygen atoms in total. The summed E-state index contributed by atoms with van der Waals surface area (Å²) in [4.78, 5) is 43.2. The summed E-state index contributed by atoms with van der Waals surface area (Å²) in [6, 6.07) is 23.3. The SMILES string of the molecule is C=CCN(CC(=O)N[C@@H](Cc1ccc(OC(C)(C)C)cc1)C(=O)N(Cc1cccc2c(C#N)cn(C)c12)CC(OCC)OCC)NC(=O)NCc1ccccc1. The highest BCUT2D eigenvalue weighted by Crippen LogP contribution is 2.26. The largest absolute Gasteiger partial charge is 0.488 e. The highest BCUT2D eigenvalue weighted by atomic mass is 16.7. The molecule has 13 heteroatoms. The third-order valence-electron chi connectivity index (χ3n) is 8.61. The van der Waals surface area contributed by atoms with Crippen LogP contribution in [0.3, 0.4) is 0 Å². The molecule has 56 heavy (non-hydrogen) atoms. The Morgan fingerprint density at radius 3 is 2.29 bits per heavy atom. The van der Waals surface area contributed by atoms with E-state index in [0.717, 1.165) is 27.6 Å². The van der Waals surface area contributed by atoms with Gasteiger partial charge in [-0.15, -0.1) is 6.58 Å². The van der Waals surface area contributed by atoms with Gasteiger partial charge in [0.2, 0.25) is 11.8 Å². The van der Waals surface area contributed by atoms with Gasteiger partial charge in [-0.2, -0.15) is 5.26 Å². The number of benzene rings is 3. The number of nitriles is 1. The van der Waals surface area contributed by atoms with E-state index >= 15 is 0 Å². The van der Waals surface area contributed by atoms with Crippen molar-refractivity contribution >= 4 is 28.7 Å². The molecule has 0 spiro atoms. The highest BCUT2D eigenvalue weighted by Gasteiger charge is 2.30. The van der Waals surface area contributed by atoms with E-state index < -0.39 is 29.9 Å². The second kappa shape index (κ2) is 20.8. The Morgan fingerprint density at radius 1 is 0.964 bits per heavy atom. The summed E-state index contributed by atoms with van der Waals surface area (Å²) >= 11 is 0. The molecule has 0 saturated carbocycles. The number of hydrogen-bond donors (Lipinski definition) is 3. The van der Waals surface area contributed by atoms with Gasteiger partial charge < -0.3 is 34.3 Å². The lowest BCUT2D eigenvalue weighted by Gasteiger charge is -2.32. The van der Waals surface area contributed by atoms with Crippen molar-refractivity contribution in [1.29, 1.82) is 5.26 Å². The molecule has 0 bridgehead atoms. The number of para-hydroxylation sites is 1. The van der Waals surface area contributed by atoms with Gasteiger partial charge in [0, 0.05) is 57.9 Å². The van der Waals surface area contributed by atoms with Crippen LogP contribution in [0, 0.1) is 11.3 Å². The number of rotatable bonds is 20. The average molecular weight is 766 g/mol. The van der Waals surface area contributed by atoms with Crippen molar-refractivity contribution < 1.29 is 28.6 Å². The van der Waals surface area contributed by atoms with E-state index in [1.54, 1.807) is 17.2 Å². The quantitative estimate of drug-likeness (QED) is 0.0600. The molecule has 4 amide bonds. The zero-order valence-corrected chi connectivity index (χ0v) is 33.3. The molecule has 0 aliphatic rings. The Hall–Kier alpha value is -5.68. The minimum atomic E-state index is -1.03. The fourth-order valence-corrected chi connectivity index (χ4v) is 6.30. The Labute approximate surface area is 330 Å². The average Bonchev–Trinajstić information content (AvgIpc) is 3.50. The van der Waals surface area contributed by atoms with Crippen molar-refractivity contribution in [2.24, 2.45) is 7.05 Å². The number of carbonyl (C=O) groups excluding carboxylic acids is 3. The van der Waals surface area contributed by atoms with Gasteiger partial charge in [0.05, 0.1) is 24.2 Å². The van der Waals surface area contributed by atoms with Crippen LogP contribution in [-0.2, 0) is 45.6 Å². The number of carbonyl (C=O) groups is 3. The van der Waals surface area contributed by atoms with Crippen LogP contribution in [0.1, 0.15) is 56.9 Å². The van der Waals surface area contributed by atoms with Gasteiger partial charge in [0.1, 0.15) is 23.5 Å². The van der Waals surface area contributed by atoms with Gasteiger partial charge in [-0.3, -0.25) is 15.0 Å². The normalized spacial score (nSPS) is 11.9. The standard InChI is InChI=1S/C43H55N7O6/c1-8-23-50(47-42(53)45-26-32-15-12-11-13-16-32)29-38(51)46-37(24-31-19-21-35(22-20-31)56-43(4,5)6)41(52)49(30-39(54-9-2)55-10-3)28-33-17-14-18-36-34(25-44)27-48(7)40(33)36/h8,11-22,27,37,39H,1,9-10,23-24,26,28-30H2,2-7H3,(H,46,51)(H2,45,47,53)/t37-/m0/s1. The van der Waals surface area contributed by atoms with E-state index in [9.17, 15) is 19.6 Å². The number of aromatic nitrogens is 1. The van der Waals surface area contributed by atoms with Gasteiger partial charge in [-0.05, 0) is 63.4 Å². The summed E-state index contributed by atoms with van der Waals surface area (Å²) in [7, 11) is 1.86. The number of aryl methyl sites for hydroxylation is 1. The number of fused-ring (bicyclic) bond motifs is 1. The van der Waals surface area contributed by atoms with Crippen molar-refractivity contribution in [2.75, 3.05) is 32.8 Å². The second-order valence-electron chi connectivity index (χ2n) is 14.3. The first-order chi connectivity index (χ1) is 26.8. The number of urea groups is 1. The van der Waals surface area contributed by atoms with E-state index in [1.807, 2.05) is 119 Å². The van der Waals surface area contributed by atoms with E-state index in [4.69, 9.17) is 14.2 Å². The van der Waals surface area contributed by atoms with Crippen LogP contribution in [0.15, 0.2) is 91.6 Å². The van der Waals surface area contributed by atoms with Crippen LogP contribution in [0.2, 0.25) is 0 Å². The summed E-state index contributed by atoms with van der Waals surface area (Å²) < 4.78 is 19.7. The topological polar surface area (TPSA) is 150 Å². The highest BCUT2D eigenvalue weighted by molar-refractivity contribution is 5.91. The molecule has 298 valence electrons. The minimum Gasteiger partial charge on any atom is -0.488 e. The lowest BCUT2D eigenvalue weighted by molar-refractivity contribution is -0.161. The molecule has 1 heterocycles. The number of hydrazine groups is 1. The maximum Gasteiger partial charge on any atom is 0.329 e. The van der Waals surface area contributed by atoms with Crippen LogP contribution >= 0.6 is 0 Å². The Balaban J connectivity index is 1.64. The molecule has 0 aliphatic heterocycles. The summed E-state index contributed by atoms with van der Waals surface area (Å²) in [6.45, 7) is 14.5. The van der Waals surface area contributed by atoms with E-state index in [1.165, 1.54) is 5.01 Å². The van der Waals surface area contributed by atoms with Crippen LogP contribution in [0.25, 0.3) is 10.9 Å². The smallest absolute Gasteiger partial charge is 0.329 e. The lowest BCUT2D eigenvalue weighted by atomic mass is 10.0. The van der Waals surface area contributed by atoms with E-state index in [2.05, 4.69) is 28.7 Å². The predicted molar refractivity (Wildman–Crippen MR) is 216 cm³/mol. The van der Waals surface area contributed by atoms with Gasteiger partial charge in [-0.1, -0.05) is 66.7 Å². The van der Waals surface area contributed by atoms with Gasteiger partial charge in [0.15, 0.2) is 6.29 Å². The van der Waals surface area contributed by atoms with E-state index in [-0.39, 0.29) is 38.5 Å². The number of hydrogen-bond acceptors (Lipinski definition) is 8. The van der Waals surface area contributed by atoms with Crippen LogP contribution in [0.5, 0.6) is 5.75 Å². The maximum atomic E-state index is 14.9. The second-order valence-corrected chi connectivity index (χ2v) is 14.3. The van der Waals surface area contributed by atoms with Crippen LogP contribution in [-0.4, -0.2) is 83.1 Å². The number of amides is 4. The Bertz CT molecular complexity index is 1940. The molecule has 0 radical (unpaired) electrons. The summed E-state index contributed by atoms with van der Waals surface area (Å²) in [5.74, 6) is -0.181.